The van der Waals surface area contributed by atoms with Gasteiger partial charge >= 0.3 is 0 Å². The largest absolute Gasteiger partial charge is 0.494 e. The molecule has 0 bridgehead atoms. The molecule has 1 saturated carbocycles. The first-order valence-electron chi connectivity index (χ1n) is 11.9. The average molecular weight is 430 g/mol. The van der Waals surface area contributed by atoms with Crippen molar-refractivity contribution in [2.75, 3.05) is 0 Å². The summed E-state index contributed by atoms with van der Waals surface area (Å²) in [5, 5.41) is 19.9. The average Bonchev–Trinajstić information content (AvgIpc) is 3.49. The summed E-state index contributed by atoms with van der Waals surface area (Å²) in [5.74, 6) is 0.168. The lowest BCUT2D eigenvalue weighted by molar-refractivity contribution is 0.331. The first kappa shape index (κ1) is 21.2. The van der Waals surface area contributed by atoms with Gasteiger partial charge in [-0.2, -0.15) is 0 Å². The van der Waals surface area contributed by atoms with E-state index in [0.717, 1.165) is 5.56 Å². The van der Waals surface area contributed by atoms with Gasteiger partial charge in [-0.15, -0.1) is 0 Å². The molecule has 3 nitrogen and oxygen atoms in total. The molecule has 3 heteroatoms. The summed E-state index contributed by atoms with van der Waals surface area (Å²) in [5.41, 5.74) is 9.00. The summed E-state index contributed by atoms with van der Waals surface area (Å²) in [7, 11) is 0. The molecular weight excluding hydrogens is 394 g/mol. The third-order valence-corrected chi connectivity index (χ3v) is 8.25. The lowest BCUT2D eigenvalue weighted by Crippen LogP contribution is -2.34. The predicted octanol–water partition coefficient (Wildman–Crippen LogP) is 6.68. The quantitative estimate of drug-likeness (QED) is 0.485. The second-order valence-corrected chi connectivity index (χ2v) is 11.4. The molecule has 0 aliphatic heterocycles. The van der Waals surface area contributed by atoms with E-state index in [1.54, 1.807) is 0 Å². The highest BCUT2D eigenvalue weighted by Crippen LogP contribution is 2.56. The van der Waals surface area contributed by atoms with Gasteiger partial charge < -0.3 is 10.2 Å². The smallest absolute Gasteiger partial charge is 0.194 e. The zero-order chi connectivity index (χ0) is 22.9. The molecule has 0 amide bonds. The number of fused-ring (bicyclic) bond motifs is 1. The lowest BCUT2D eigenvalue weighted by Gasteiger charge is -2.43. The number of hydrogen-bond acceptors (Lipinski definition) is 2. The monoisotopic (exact) mass is 429 g/mol. The van der Waals surface area contributed by atoms with Crippen molar-refractivity contribution < 1.29 is 10.2 Å². The molecule has 1 aromatic heterocycles. The van der Waals surface area contributed by atoms with E-state index < -0.39 is 0 Å². The number of nitrogens with zero attached hydrogens (tertiary/aromatic N) is 1. The fourth-order valence-corrected chi connectivity index (χ4v) is 5.80. The fraction of sp³-hybridized carbons (Fsp3) is 0.448. The highest BCUT2D eigenvalue weighted by molar-refractivity contribution is 5.55. The Kier molecular flexibility index (Phi) is 4.57. The fourth-order valence-electron chi connectivity index (χ4n) is 5.80. The molecule has 0 radical (unpaired) electrons. The minimum atomic E-state index is 0.0838. The van der Waals surface area contributed by atoms with Crippen LogP contribution in [0, 0.1) is 6.92 Å². The van der Waals surface area contributed by atoms with E-state index in [2.05, 4.69) is 71.0 Å². The molecular formula is C29H35NO2. The Labute approximate surface area is 191 Å². The third kappa shape index (κ3) is 3.25. The molecule has 0 spiro atoms. The molecule has 2 aliphatic carbocycles. The topological polar surface area (TPSA) is 45.4 Å². The van der Waals surface area contributed by atoms with Gasteiger partial charge in [-0.1, -0.05) is 64.1 Å². The van der Waals surface area contributed by atoms with Crippen molar-refractivity contribution in [1.29, 1.82) is 0 Å². The van der Waals surface area contributed by atoms with Crippen molar-refractivity contribution in [1.82, 2.24) is 4.57 Å². The minimum Gasteiger partial charge on any atom is -0.494 e. The molecule has 0 atom stereocenters. The zero-order valence-electron chi connectivity index (χ0n) is 20.0. The highest BCUT2D eigenvalue weighted by atomic mass is 16.3. The number of hydrogen-bond donors (Lipinski definition) is 2. The van der Waals surface area contributed by atoms with Gasteiger partial charge in [0.05, 0.1) is 6.54 Å². The maximum Gasteiger partial charge on any atom is 0.194 e. The van der Waals surface area contributed by atoms with Crippen molar-refractivity contribution >= 4 is 0 Å². The Hall–Kier alpha value is -2.68. The van der Waals surface area contributed by atoms with Crippen molar-refractivity contribution in [3.8, 4) is 11.8 Å². The molecule has 3 aromatic rings. The van der Waals surface area contributed by atoms with Gasteiger partial charge in [0, 0.05) is 17.5 Å². The Morgan fingerprint density at radius 2 is 1.25 bits per heavy atom. The van der Waals surface area contributed by atoms with Crippen LogP contribution in [0.5, 0.6) is 11.8 Å². The zero-order valence-corrected chi connectivity index (χ0v) is 20.0. The van der Waals surface area contributed by atoms with Crippen LogP contribution >= 0.6 is 0 Å². The van der Waals surface area contributed by atoms with Crippen LogP contribution in [0.15, 0.2) is 48.5 Å². The van der Waals surface area contributed by atoms with Crippen LogP contribution in [0.3, 0.4) is 0 Å². The second-order valence-electron chi connectivity index (χ2n) is 11.4. The van der Waals surface area contributed by atoms with Gasteiger partial charge in [0.1, 0.15) is 0 Å². The lowest BCUT2D eigenvalue weighted by atomic mass is 9.62. The van der Waals surface area contributed by atoms with Crippen LogP contribution < -0.4 is 0 Å². The number of aromatic hydroxyl groups is 2. The van der Waals surface area contributed by atoms with Crippen molar-refractivity contribution in [3.63, 3.8) is 0 Å². The molecule has 0 saturated heterocycles. The van der Waals surface area contributed by atoms with Gasteiger partial charge in [-0.05, 0) is 76.8 Å². The molecule has 0 unspecified atom stereocenters. The maximum absolute atomic E-state index is 9.94. The second kappa shape index (κ2) is 6.91. The van der Waals surface area contributed by atoms with E-state index in [1.807, 2.05) is 0 Å². The van der Waals surface area contributed by atoms with Crippen molar-refractivity contribution in [3.05, 3.63) is 81.9 Å². The van der Waals surface area contributed by atoms with E-state index in [0.29, 0.717) is 6.54 Å². The molecule has 32 heavy (non-hydrogen) atoms. The summed E-state index contributed by atoms with van der Waals surface area (Å²) in [6, 6.07) is 16.8. The summed E-state index contributed by atoms with van der Waals surface area (Å²) < 4.78 is 1.51. The van der Waals surface area contributed by atoms with Gasteiger partial charge in [0.25, 0.3) is 0 Å². The Balaban J connectivity index is 1.51. The van der Waals surface area contributed by atoms with Crippen LogP contribution in [0.1, 0.15) is 86.8 Å². The van der Waals surface area contributed by atoms with Crippen molar-refractivity contribution in [2.24, 2.45) is 0 Å². The van der Waals surface area contributed by atoms with E-state index in [1.165, 1.54) is 70.2 Å². The van der Waals surface area contributed by atoms with E-state index in [4.69, 9.17) is 0 Å². The number of rotatable bonds is 4. The van der Waals surface area contributed by atoms with Crippen LogP contribution in [0.25, 0.3) is 0 Å². The summed E-state index contributed by atoms with van der Waals surface area (Å²) in [6.45, 7) is 12.3. The highest BCUT2D eigenvalue weighted by Gasteiger charge is 2.48. The Morgan fingerprint density at radius 3 is 1.78 bits per heavy atom. The normalized spacial score (nSPS) is 20.0. The molecule has 2 N–H and O–H groups in total. The predicted molar refractivity (Wildman–Crippen MR) is 130 cm³/mol. The number of aromatic nitrogens is 1. The Bertz CT molecular complexity index is 1160. The molecule has 5 rings (SSSR count). The first-order valence-corrected chi connectivity index (χ1v) is 11.9. The van der Waals surface area contributed by atoms with Gasteiger partial charge in [0.15, 0.2) is 11.8 Å². The van der Waals surface area contributed by atoms with Crippen LogP contribution in [0.2, 0.25) is 0 Å². The molecule has 2 aromatic carbocycles. The molecule has 168 valence electrons. The maximum atomic E-state index is 9.94. The third-order valence-electron chi connectivity index (χ3n) is 8.25. The summed E-state index contributed by atoms with van der Waals surface area (Å²) in [4.78, 5) is 0. The standard InChI is InChI=1S/C29H35NO2/c1-19-16-23-24(28(4,5)13-12-27(23,2)3)17-22(19)29(14-15-29)21-8-6-20(7-9-21)18-30-25(31)10-11-26(30)32/h6-11,16-17,31-32H,12-15,18H2,1-5H3. The Morgan fingerprint density at radius 1 is 0.719 bits per heavy atom. The van der Waals surface area contributed by atoms with Crippen LogP contribution in [0.4, 0.5) is 0 Å². The molecule has 1 fully saturated rings. The van der Waals surface area contributed by atoms with E-state index in [9.17, 15) is 10.2 Å². The summed E-state index contributed by atoms with van der Waals surface area (Å²) in [6.07, 6.45) is 4.85. The SMILES string of the molecule is Cc1cc2c(cc1C1(c3ccc(Cn4c(O)ccc4O)cc3)CC1)C(C)(C)CCC2(C)C. The molecule has 1 heterocycles. The molecule has 2 aliphatic rings. The van der Waals surface area contributed by atoms with Gasteiger partial charge in [-0.3, -0.25) is 4.57 Å². The number of benzene rings is 2. The summed E-state index contributed by atoms with van der Waals surface area (Å²) >= 11 is 0. The van der Waals surface area contributed by atoms with E-state index in [-0.39, 0.29) is 28.0 Å². The van der Waals surface area contributed by atoms with Gasteiger partial charge in [0.2, 0.25) is 0 Å². The minimum absolute atomic E-state index is 0.0838. The van der Waals surface area contributed by atoms with Gasteiger partial charge in [-0.25, -0.2) is 0 Å². The number of aryl methyl sites for hydroxylation is 1. The van der Waals surface area contributed by atoms with Crippen LogP contribution in [-0.4, -0.2) is 14.8 Å². The van der Waals surface area contributed by atoms with Crippen LogP contribution in [-0.2, 0) is 22.8 Å². The van der Waals surface area contributed by atoms with Crippen molar-refractivity contribution in [2.45, 2.75) is 83.1 Å². The first-order chi connectivity index (χ1) is 15.0. The van der Waals surface area contributed by atoms with E-state index >= 15 is 0 Å².